The van der Waals surface area contributed by atoms with Crippen LogP contribution in [-0.4, -0.2) is 10.1 Å². The largest absolute Gasteiger partial charge is 0.367 e. The molecule has 2 aromatic heterocycles. The summed E-state index contributed by atoms with van der Waals surface area (Å²) in [6.07, 6.45) is 4.30. The summed E-state index contributed by atoms with van der Waals surface area (Å²) in [6, 6.07) is 5.77. The Kier molecular flexibility index (Phi) is 2.35. The highest BCUT2D eigenvalue weighted by molar-refractivity contribution is 5.72. The highest BCUT2D eigenvalue weighted by atomic mass is 16.5. The molecular weight excluding hydrogens is 214 g/mol. The molecule has 88 valence electrons. The molecule has 1 aliphatic carbocycles. The van der Waals surface area contributed by atoms with Crippen LogP contribution in [-0.2, 0) is 0 Å². The second-order valence-electron chi connectivity index (χ2n) is 4.65. The van der Waals surface area contributed by atoms with Crippen LogP contribution in [0.1, 0.15) is 31.4 Å². The van der Waals surface area contributed by atoms with Gasteiger partial charge in [-0.2, -0.15) is 0 Å². The van der Waals surface area contributed by atoms with Crippen LogP contribution in [0.25, 0.3) is 11.3 Å². The third-order valence-corrected chi connectivity index (χ3v) is 3.43. The topological polar surface area (TPSA) is 64.9 Å². The van der Waals surface area contributed by atoms with Crippen LogP contribution in [0.3, 0.4) is 0 Å². The second-order valence-corrected chi connectivity index (χ2v) is 4.65. The standard InChI is InChI=1S/C13H15N3O/c1-8(9-5-6-9)12-11(13(14)17-16-12)10-4-2-3-7-15-10/h2-4,7-9H,5-6,14H2,1H3. The van der Waals surface area contributed by atoms with Gasteiger partial charge in [0.25, 0.3) is 0 Å². The van der Waals surface area contributed by atoms with E-state index in [9.17, 15) is 0 Å². The maximum Gasteiger partial charge on any atom is 0.231 e. The van der Waals surface area contributed by atoms with Gasteiger partial charge >= 0.3 is 0 Å². The number of pyridine rings is 1. The lowest BCUT2D eigenvalue weighted by atomic mass is 9.97. The Morgan fingerprint density at radius 3 is 2.88 bits per heavy atom. The molecule has 1 atom stereocenters. The lowest BCUT2D eigenvalue weighted by Gasteiger charge is -2.08. The van der Waals surface area contributed by atoms with E-state index in [0.717, 1.165) is 22.9 Å². The fourth-order valence-corrected chi connectivity index (χ4v) is 2.21. The van der Waals surface area contributed by atoms with Gasteiger partial charge in [-0.3, -0.25) is 4.98 Å². The normalized spacial score (nSPS) is 17.0. The average Bonchev–Trinajstić information content (AvgIpc) is 3.13. The third-order valence-electron chi connectivity index (χ3n) is 3.43. The van der Waals surface area contributed by atoms with Gasteiger partial charge in [-0.15, -0.1) is 0 Å². The fourth-order valence-electron chi connectivity index (χ4n) is 2.21. The summed E-state index contributed by atoms with van der Waals surface area (Å²) in [7, 11) is 0. The van der Waals surface area contributed by atoms with Gasteiger partial charge < -0.3 is 10.3 Å². The van der Waals surface area contributed by atoms with Crippen LogP contribution < -0.4 is 5.73 Å². The first-order chi connectivity index (χ1) is 8.27. The van der Waals surface area contributed by atoms with E-state index in [-0.39, 0.29) is 0 Å². The molecule has 0 aromatic carbocycles. The molecule has 0 aliphatic heterocycles. The summed E-state index contributed by atoms with van der Waals surface area (Å²) >= 11 is 0. The quantitative estimate of drug-likeness (QED) is 0.878. The van der Waals surface area contributed by atoms with Gasteiger partial charge in [0.2, 0.25) is 5.88 Å². The number of hydrogen-bond donors (Lipinski definition) is 1. The molecule has 4 nitrogen and oxygen atoms in total. The Morgan fingerprint density at radius 2 is 2.24 bits per heavy atom. The molecule has 0 amide bonds. The Balaban J connectivity index is 2.06. The van der Waals surface area contributed by atoms with Crippen molar-refractivity contribution in [3.63, 3.8) is 0 Å². The van der Waals surface area contributed by atoms with Gasteiger partial charge in [0.05, 0.1) is 17.0 Å². The van der Waals surface area contributed by atoms with Crippen molar-refractivity contribution < 1.29 is 4.52 Å². The van der Waals surface area contributed by atoms with E-state index < -0.39 is 0 Å². The van der Waals surface area contributed by atoms with Crippen LogP contribution in [0.4, 0.5) is 5.88 Å². The van der Waals surface area contributed by atoms with E-state index in [1.807, 2.05) is 18.2 Å². The molecule has 2 aromatic rings. The number of nitrogens with two attached hydrogens (primary N) is 1. The van der Waals surface area contributed by atoms with Crippen molar-refractivity contribution in [3.8, 4) is 11.3 Å². The molecular formula is C13H15N3O. The lowest BCUT2D eigenvalue weighted by Crippen LogP contribution is -1.99. The third kappa shape index (κ3) is 1.79. The first kappa shape index (κ1) is 10.3. The van der Waals surface area contributed by atoms with Crippen molar-refractivity contribution in [3.05, 3.63) is 30.1 Å². The first-order valence-electron chi connectivity index (χ1n) is 5.94. The minimum Gasteiger partial charge on any atom is -0.367 e. The van der Waals surface area contributed by atoms with Gasteiger partial charge in [0.15, 0.2) is 0 Å². The van der Waals surface area contributed by atoms with Crippen molar-refractivity contribution in [1.82, 2.24) is 10.1 Å². The van der Waals surface area contributed by atoms with E-state index in [4.69, 9.17) is 10.3 Å². The van der Waals surface area contributed by atoms with Crippen molar-refractivity contribution >= 4 is 5.88 Å². The maximum absolute atomic E-state index is 5.86. The van der Waals surface area contributed by atoms with Crippen molar-refractivity contribution in [1.29, 1.82) is 0 Å². The molecule has 17 heavy (non-hydrogen) atoms. The van der Waals surface area contributed by atoms with Crippen LogP contribution in [0.15, 0.2) is 28.9 Å². The highest BCUT2D eigenvalue weighted by Crippen LogP contribution is 2.45. The van der Waals surface area contributed by atoms with Gasteiger partial charge in [0.1, 0.15) is 0 Å². The zero-order valence-electron chi connectivity index (χ0n) is 9.76. The van der Waals surface area contributed by atoms with E-state index in [1.54, 1.807) is 6.20 Å². The molecule has 0 saturated heterocycles. The first-order valence-corrected chi connectivity index (χ1v) is 5.94. The molecule has 1 saturated carbocycles. The van der Waals surface area contributed by atoms with E-state index in [0.29, 0.717) is 11.8 Å². The van der Waals surface area contributed by atoms with Crippen molar-refractivity contribution in [2.75, 3.05) is 5.73 Å². The molecule has 3 rings (SSSR count). The summed E-state index contributed by atoms with van der Waals surface area (Å²) in [5.74, 6) is 1.49. The summed E-state index contributed by atoms with van der Waals surface area (Å²) in [6.45, 7) is 2.18. The Bertz CT molecular complexity index is 517. The molecule has 1 aliphatic rings. The van der Waals surface area contributed by atoms with E-state index in [1.165, 1.54) is 12.8 Å². The fraction of sp³-hybridized carbons (Fsp3) is 0.385. The number of aromatic nitrogens is 2. The Labute approximate surface area is 99.8 Å². The lowest BCUT2D eigenvalue weighted by molar-refractivity contribution is 0.417. The predicted molar refractivity (Wildman–Crippen MR) is 65.3 cm³/mol. The van der Waals surface area contributed by atoms with E-state index in [2.05, 4.69) is 17.1 Å². The molecule has 2 N–H and O–H groups in total. The van der Waals surface area contributed by atoms with Crippen LogP contribution >= 0.6 is 0 Å². The van der Waals surface area contributed by atoms with Gasteiger partial charge in [-0.05, 0) is 30.9 Å². The Morgan fingerprint density at radius 1 is 1.41 bits per heavy atom. The summed E-state index contributed by atoms with van der Waals surface area (Å²) in [4.78, 5) is 4.32. The zero-order valence-corrected chi connectivity index (χ0v) is 9.76. The monoisotopic (exact) mass is 229 g/mol. The number of nitrogens with zero attached hydrogens (tertiary/aromatic N) is 2. The minimum absolute atomic E-state index is 0.367. The smallest absolute Gasteiger partial charge is 0.231 e. The van der Waals surface area contributed by atoms with Crippen LogP contribution in [0, 0.1) is 5.92 Å². The van der Waals surface area contributed by atoms with Gasteiger partial charge in [0, 0.05) is 12.1 Å². The molecule has 4 heteroatoms. The molecule has 0 bridgehead atoms. The maximum atomic E-state index is 5.86. The van der Waals surface area contributed by atoms with Crippen LogP contribution in [0.2, 0.25) is 0 Å². The van der Waals surface area contributed by atoms with Crippen molar-refractivity contribution in [2.45, 2.75) is 25.7 Å². The molecule has 1 fully saturated rings. The molecule has 2 heterocycles. The van der Waals surface area contributed by atoms with Crippen molar-refractivity contribution in [2.24, 2.45) is 5.92 Å². The minimum atomic E-state index is 0.367. The second kappa shape index (κ2) is 3.87. The highest BCUT2D eigenvalue weighted by Gasteiger charge is 2.33. The summed E-state index contributed by atoms with van der Waals surface area (Å²) < 4.78 is 5.14. The zero-order chi connectivity index (χ0) is 11.8. The summed E-state index contributed by atoms with van der Waals surface area (Å²) in [5.41, 5.74) is 8.52. The molecule has 0 spiro atoms. The number of nitrogen functional groups attached to an aromatic ring is 1. The average molecular weight is 229 g/mol. The number of hydrogen-bond acceptors (Lipinski definition) is 4. The molecule has 0 radical (unpaired) electrons. The number of rotatable bonds is 3. The van der Waals surface area contributed by atoms with E-state index >= 15 is 0 Å². The summed E-state index contributed by atoms with van der Waals surface area (Å²) in [5, 5.41) is 4.11. The molecule has 1 unspecified atom stereocenters. The number of anilines is 1. The van der Waals surface area contributed by atoms with Crippen LogP contribution in [0.5, 0.6) is 0 Å². The van der Waals surface area contributed by atoms with Gasteiger partial charge in [-0.25, -0.2) is 0 Å². The Hall–Kier alpha value is -1.84. The predicted octanol–water partition coefficient (Wildman–Crippen LogP) is 2.83. The SMILES string of the molecule is CC(c1noc(N)c1-c1ccccn1)C1CC1. The van der Waals surface area contributed by atoms with Gasteiger partial charge in [-0.1, -0.05) is 18.1 Å².